The van der Waals surface area contributed by atoms with Gasteiger partial charge in [-0.3, -0.25) is 0 Å². The Hall–Kier alpha value is -1.65. The Morgan fingerprint density at radius 1 is 1.25 bits per heavy atom. The third kappa shape index (κ3) is 3.92. The average Bonchev–Trinajstić information content (AvgIpc) is 2.99. The second-order valence-corrected chi connectivity index (χ2v) is 5.22. The van der Waals surface area contributed by atoms with Gasteiger partial charge in [0.15, 0.2) is 0 Å². The van der Waals surface area contributed by atoms with Crippen molar-refractivity contribution in [2.24, 2.45) is 0 Å². The van der Waals surface area contributed by atoms with Crippen molar-refractivity contribution in [2.75, 3.05) is 6.61 Å². The Balaban J connectivity index is 1.95. The molecule has 4 heteroatoms. The zero-order chi connectivity index (χ0) is 14.4. The summed E-state index contributed by atoms with van der Waals surface area (Å²) in [5.74, 6) is 0. The topological polar surface area (TPSA) is 50.1 Å². The molecule has 20 heavy (non-hydrogen) atoms. The highest BCUT2D eigenvalue weighted by Gasteiger charge is 2.09. The average molecular weight is 273 g/mol. The first-order valence-electron chi connectivity index (χ1n) is 7.16. The van der Waals surface area contributed by atoms with Gasteiger partial charge in [0.1, 0.15) is 0 Å². The summed E-state index contributed by atoms with van der Waals surface area (Å²) in [5, 5.41) is 12.4. The summed E-state index contributed by atoms with van der Waals surface area (Å²) in [6.45, 7) is 4.59. The molecule has 2 N–H and O–H groups in total. The Bertz CT molecular complexity index is 493. The van der Waals surface area contributed by atoms with Crippen LogP contribution in [0.15, 0.2) is 43.0 Å². The molecule has 0 radical (unpaired) electrons. The van der Waals surface area contributed by atoms with E-state index in [1.807, 2.05) is 10.8 Å². The van der Waals surface area contributed by atoms with E-state index in [-0.39, 0.29) is 6.61 Å². The molecule has 0 aliphatic heterocycles. The highest BCUT2D eigenvalue weighted by atomic mass is 16.2. The van der Waals surface area contributed by atoms with Crippen LogP contribution in [0, 0.1) is 0 Å². The summed E-state index contributed by atoms with van der Waals surface area (Å²) in [7, 11) is 0. The summed E-state index contributed by atoms with van der Waals surface area (Å²) < 4.78 is 1.99. The van der Waals surface area contributed by atoms with E-state index in [0.29, 0.717) is 12.1 Å². The zero-order valence-corrected chi connectivity index (χ0v) is 12.2. The Labute approximate surface area is 120 Å². The van der Waals surface area contributed by atoms with Crippen molar-refractivity contribution in [3.8, 4) is 5.69 Å². The van der Waals surface area contributed by atoms with Crippen molar-refractivity contribution in [3.05, 3.63) is 48.5 Å². The van der Waals surface area contributed by atoms with E-state index < -0.39 is 0 Å². The normalized spacial score (nSPS) is 14.2. The molecule has 108 valence electrons. The third-order valence-corrected chi connectivity index (χ3v) is 3.53. The second kappa shape index (κ2) is 7.22. The zero-order valence-electron chi connectivity index (χ0n) is 12.2. The van der Waals surface area contributed by atoms with E-state index in [1.165, 1.54) is 5.56 Å². The standard InChI is InChI=1S/C16H23N3O/c1-13(4-3-11-20)18-14(2)15-5-7-16(8-6-15)19-10-9-17-12-19/h5-10,12-14,18,20H,3-4,11H2,1-2H3. The summed E-state index contributed by atoms with van der Waals surface area (Å²) in [6, 6.07) is 9.21. The lowest BCUT2D eigenvalue weighted by molar-refractivity contribution is 0.274. The van der Waals surface area contributed by atoms with Gasteiger partial charge in [-0.05, 0) is 44.4 Å². The number of aliphatic hydroxyl groups excluding tert-OH is 1. The molecule has 2 atom stereocenters. The molecule has 0 fully saturated rings. The lowest BCUT2D eigenvalue weighted by Gasteiger charge is -2.20. The highest BCUT2D eigenvalue weighted by Crippen LogP contribution is 2.16. The lowest BCUT2D eigenvalue weighted by atomic mass is 10.1. The van der Waals surface area contributed by atoms with E-state index in [0.717, 1.165) is 18.5 Å². The smallest absolute Gasteiger partial charge is 0.0991 e. The van der Waals surface area contributed by atoms with Gasteiger partial charge in [-0.15, -0.1) is 0 Å². The van der Waals surface area contributed by atoms with Crippen molar-refractivity contribution in [1.82, 2.24) is 14.9 Å². The van der Waals surface area contributed by atoms with Gasteiger partial charge in [0.25, 0.3) is 0 Å². The van der Waals surface area contributed by atoms with Crippen molar-refractivity contribution in [1.29, 1.82) is 0 Å². The Morgan fingerprint density at radius 2 is 2.00 bits per heavy atom. The highest BCUT2D eigenvalue weighted by molar-refractivity contribution is 5.35. The SMILES string of the molecule is CC(CCCO)NC(C)c1ccc(-n2ccnc2)cc1. The summed E-state index contributed by atoms with van der Waals surface area (Å²) in [6.07, 6.45) is 7.36. The maximum atomic E-state index is 8.85. The van der Waals surface area contributed by atoms with Gasteiger partial charge in [0.05, 0.1) is 6.33 Å². The quantitative estimate of drug-likeness (QED) is 0.815. The van der Waals surface area contributed by atoms with Crippen LogP contribution in [-0.2, 0) is 0 Å². The minimum absolute atomic E-state index is 0.264. The van der Waals surface area contributed by atoms with Crippen LogP contribution in [0.2, 0.25) is 0 Å². The molecule has 0 bridgehead atoms. The number of aromatic nitrogens is 2. The molecule has 1 heterocycles. The van der Waals surface area contributed by atoms with Crippen LogP contribution >= 0.6 is 0 Å². The third-order valence-electron chi connectivity index (χ3n) is 3.53. The molecule has 0 amide bonds. The number of hydrogen-bond donors (Lipinski definition) is 2. The van der Waals surface area contributed by atoms with Crippen LogP contribution < -0.4 is 5.32 Å². The monoisotopic (exact) mass is 273 g/mol. The minimum atomic E-state index is 0.264. The van der Waals surface area contributed by atoms with Gasteiger partial charge < -0.3 is 15.0 Å². The van der Waals surface area contributed by atoms with E-state index in [2.05, 4.69) is 48.4 Å². The summed E-state index contributed by atoms with van der Waals surface area (Å²) in [4.78, 5) is 4.05. The summed E-state index contributed by atoms with van der Waals surface area (Å²) >= 11 is 0. The van der Waals surface area contributed by atoms with Gasteiger partial charge in [-0.25, -0.2) is 4.98 Å². The Morgan fingerprint density at radius 3 is 2.60 bits per heavy atom. The second-order valence-electron chi connectivity index (χ2n) is 5.22. The van der Waals surface area contributed by atoms with Crippen molar-refractivity contribution in [2.45, 2.75) is 38.8 Å². The molecule has 2 aromatic rings. The first-order chi connectivity index (χ1) is 9.70. The molecule has 0 saturated heterocycles. The molecule has 2 rings (SSSR count). The van der Waals surface area contributed by atoms with E-state index >= 15 is 0 Å². The number of benzene rings is 1. The molecule has 1 aromatic carbocycles. The summed E-state index contributed by atoms with van der Waals surface area (Å²) in [5.41, 5.74) is 2.39. The molecular weight excluding hydrogens is 250 g/mol. The molecule has 0 spiro atoms. The predicted octanol–water partition coefficient (Wildman–Crippen LogP) is 2.68. The number of rotatable bonds is 7. The molecule has 0 aliphatic rings. The van der Waals surface area contributed by atoms with Crippen LogP contribution in [0.1, 0.15) is 38.3 Å². The first kappa shape index (κ1) is 14.8. The van der Waals surface area contributed by atoms with Crippen LogP contribution in [0.25, 0.3) is 5.69 Å². The molecule has 1 aromatic heterocycles. The van der Waals surface area contributed by atoms with Crippen LogP contribution in [0.4, 0.5) is 0 Å². The number of nitrogens with zero attached hydrogens (tertiary/aromatic N) is 2. The fourth-order valence-electron chi connectivity index (χ4n) is 2.35. The fraction of sp³-hybridized carbons (Fsp3) is 0.438. The molecule has 0 saturated carbocycles. The number of hydrogen-bond acceptors (Lipinski definition) is 3. The van der Waals surface area contributed by atoms with Gasteiger partial charge in [-0.2, -0.15) is 0 Å². The predicted molar refractivity (Wildman–Crippen MR) is 80.9 cm³/mol. The first-order valence-corrected chi connectivity index (χ1v) is 7.16. The molecule has 2 unspecified atom stereocenters. The molecular formula is C16H23N3O. The molecule has 0 aliphatic carbocycles. The largest absolute Gasteiger partial charge is 0.396 e. The van der Waals surface area contributed by atoms with Gasteiger partial charge in [0.2, 0.25) is 0 Å². The minimum Gasteiger partial charge on any atom is -0.396 e. The van der Waals surface area contributed by atoms with Crippen molar-refractivity contribution in [3.63, 3.8) is 0 Å². The van der Waals surface area contributed by atoms with Crippen LogP contribution in [-0.4, -0.2) is 27.3 Å². The van der Waals surface area contributed by atoms with E-state index in [1.54, 1.807) is 12.5 Å². The van der Waals surface area contributed by atoms with E-state index in [9.17, 15) is 0 Å². The number of nitrogens with one attached hydrogen (secondary N) is 1. The van der Waals surface area contributed by atoms with Gasteiger partial charge in [-0.1, -0.05) is 12.1 Å². The lowest BCUT2D eigenvalue weighted by Crippen LogP contribution is -2.29. The van der Waals surface area contributed by atoms with Crippen LogP contribution in [0.3, 0.4) is 0 Å². The maximum Gasteiger partial charge on any atom is 0.0991 e. The Kier molecular flexibility index (Phi) is 5.32. The van der Waals surface area contributed by atoms with Crippen LogP contribution in [0.5, 0.6) is 0 Å². The van der Waals surface area contributed by atoms with Gasteiger partial charge >= 0.3 is 0 Å². The van der Waals surface area contributed by atoms with Crippen molar-refractivity contribution >= 4 is 0 Å². The number of aliphatic hydroxyl groups is 1. The maximum absolute atomic E-state index is 8.85. The number of imidazole rings is 1. The van der Waals surface area contributed by atoms with Crippen molar-refractivity contribution < 1.29 is 5.11 Å². The molecule has 4 nitrogen and oxygen atoms in total. The fourth-order valence-corrected chi connectivity index (χ4v) is 2.35. The van der Waals surface area contributed by atoms with E-state index in [4.69, 9.17) is 5.11 Å². The van der Waals surface area contributed by atoms with Gasteiger partial charge in [0, 0.05) is 36.8 Å².